The zero-order chi connectivity index (χ0) is 15.3. The number of carbonyl (C=O) groups excluding carboxylic acids is 1. The minimum Gasteiger partial charge on any atom is -0.444 e. The molecule has 0 fully saturated rings. The van der Waals surface area contributed by atoms with E-state index in [1.54, 1.807) is 6.92 Å². The van der Waals surface area contributed by atoms with Crippen molar-refractivity contribution in [2.75, 3.05) is 0 Å². The first-order valence-corrected chi connectivity index (χ1v) is 6.94. The van der Waals surface area contributed by atoms with E-state index >= 15 is 0 Å². The molecular weight excluding hydrogens is 258 g/mol. The number of amides is 1. The van der Waals surface area contributed by atoms with Gasteiger partial charge in [-0.15, -0.1) is 0 Å². The van der Waals surface area contributed by atoms with Gasteiger partial charge in [0.25, 0.3) is 0 Å². The fraction of sp³-hybridized carbons (Fsp3) is 0.786. The maximum absolute atomic E-state index is 11.8. The number of ether oxygens (including phenoxy) is 1. The Morgan fingerprint density at radius 1 is 1.40 bits per heavy atom. The van der Waals surface area contributed by atoms with Crippen molar-refractivity contribution in [1.29, 1.82) is 0 Å². The molecule has 1 aromatic heterocycles. The van der Waals surface area contributed by atoms with Crippen LogP contribution in [0.25, 0.3) is 0 Å². The van der Waals surface area contributed by atoms with Crippen LogP contribution in [0.4, 0.5) is 4.79 Å². The van der Waals surface area contributed by atoms with Crippen molar-refractivity contribution in [1.82, 2.24) is 15.5 Å². The summed E-state index contributed by atoms with van der Waals surface area (Å²) in [6.07, 6.45) is 0.949. The van der Waals surface area contributed by atoms with Gasteiger partial charge in [0.15, 0.2) is 5.82 Å². The number of rotatable bonds is 5. The van der Waals surface area contributed by atoms with Crippen LogP contribution in [-0.4, -0.2) is 27.9 Å². The van der Waals surface area contributed by atoms with E-state index in [0.717, 1.165) is 6.42 Å². The summed E-state index contributed by atoms with van der Waals surface area (Å²) in [5, 5.41) is 6.75. The molecule has 0 aliphatic carbocycles. The Hall–Kier alpha value is -1.59. The Bertz CT molecular complexity index is 435. The van der Waals surface area contributed by atoms with E-state index in [1.165, 1.54) is 0 Å². The molecule has 0 saturated heterocycles. The molecule has 0 aliphatic heterocycles. The average molecular weight is 283 g/mol. The van der Waals surface area contributed by atoms with Crippen molar-refractivity contribution in [2.24, 2.45) is 5.92 Å². The zero-order valence-corrected chi connectivity index (χ0v) is 13.2. The molecule has 0 aromatic carbocycles. The Labute approximate surface area is 120 Å². The average Bonchev–Trinajstić information content (AvgIpc) is 2.59. The summed E-state index contributed by atoms with van der Waals surface area (Å²) in [6.45, 7) is 11.5. The van der Waals surface area contributed by atoms with Crippen molar-refractivity contribution in [2.45, 2.75) is 66.0 Å². The quantitative estimate of drug-likeness (QED) is 0.899. The van der Waals surface area contributed by atoms with Gasteiger partial charge in [-0.2, -0.15) is 4.98 Å². The molecular formula is C14H25N3O3. The van der Waals surface area contributed by atoms with Crippen molar-refractivity contribution in [3.8, 4) is 0 Å². The van der Waals surface area contributed by atoms with Gasteiger partial charge >= 0.3 is 6.09 Å². The number of nitrogens with one attached hydrogen (secondary N) is 1. The van der Waals surface area contributed by atoms with Crippen LogP contribution in [0.15, 0.2) is 4.52 Å². The third-order valence-corrected chi connectivity index (χ3v) is 2.48. The zero-order valence-electron chi connectivity index (χ0n) is 13.2. The molecule has 0 unspecified atom stereocenters. The predicted molar refractivity (Wildman–Crippen MR) is 75.4 cm³/mol. The van der Waals surface area contributed by atoms with Gasteiger partial charge in [0.1, 0.15) is 5.60 Å². The minimum atomic E-state index is -0.505. The lowest BCUT2D eigenvalue weighted by Crippen LogP contribution is -2.41. The van der Waals surface area contributed by atoms with E-state index in [9.17, 15) is 4.79 Å². The van der Waals surface area contributed by atoms with Gasteiger partial charge in [0.2, 0.25) is 5.89 Å². The van der Waals surface area contributed by atoms with Gasteiger partial charge in [0.05, 0.1) is 0 Å². The van der Waals surface area contributed by atoms with Crippen LogP contribution in [0.3, 0.4) is 0 Å². The molecule has 1 rings (SSSR count). The van der Waals surface area contributed by atoms with Gasteiger partial charge in [-0.1, -0.05) is 19.0 Å². The van der Waals surface area contributed by atoms with E-state index in [0.29, 0.717) is 24.1 Å². The number of aryl methyl sites for hydroxylation is 1. The van der Waals surface area contributed by atoms with Crippen molar-refractivity contribution < 1.29 is 14.1 Å². The summed E-state index contributed by atoms with van der Waals surface area (Å²) in [6, 6.07) is -0.0677. The van der Waals surface area contributed by atoms with Gasteiger partial charge < -0.3 is 14.6 Å². The van der Waals surface area contributed by atoms with Gasteiger partial charge in [0, 0.05) is 19.4 Å². The summed E-state index contributed by atoms with van der Waals surface area (Å²) < 4.78 is 10.2. The minimum absolute atomic E-state index is 0.0677. The van der Waals surface area contributed by atoms with Crippen molar-refractivity contribution >= 4 is 6.09 Å². The van der Waals surface area contributed by atoms with Crippen molar-refractivity contribution in [3.05, 3.63) is 11.7 Å². The second-order valence-electron chi connectivity index (χ2n) is 6.41. The van der Waals surface area contributed by atoms with Crippen LogP contribution in [0.5, 0.6) is 0 Å². The van der Waals surface area contributed by atoms with Crippen LogP contribution >= 0.6 is 0 Å². The molecule has 1 atom stereocenters. The molecule has 6 nitrogen and oxygen atoms in total. The SMILES string of the molecule is Cc1nc(C[C@H](CC(C)C)NC(=O)OC(C)(C)C)no1. The number of hydrogen-bond donors (Lipinski definition) is 1. The topological polar surface area (TPSA) is 77.2 Å². The number of hydrogen-bond acceptors (Lipinski definition) is 5. The molecule has 0 saturated carbocycles. The number of nitrogens with zero attached hydrogens (tertiary/aromatic N) is 2. The Morgan fingerprint density at radius 2 is 2.05 bits per heavy atom. The fourth-order valence-electron chi connectivity index (χ4n) is 1.88. The number of carbonyl (C=O) groups is 1. The van der Waals surface area contributed by atoms with E-state index < -0.39 is 11.7 Å². The lowest BCUT2D eigenvalue weighted by atomic mass is 10.0. The van der Waals surface area contributed by atoms with Crippen LogP contribution in [-0.2, 0) is 11.2 Å². The molecule has 1 aromatic rings. The third-order valence-electron chi connectivity index (χ3n) is 2.48. The van der Waals surface area contributed by atoms with E-state index in [4.69, 9.17) is 9.26 Å². The Kier molecular flexibility index (Phi) is 5.53. The highest BCUT2D eigenvalue weighted by Crippen LogP contribution is 2.12. The monoisotopic (exact) mass is 283 g/mol. The molecule has 6 heteroatoms. The standard InChI is InChI=1S/C14H25N3O3/c1-9(2)7-11(8-12-15-10(3)20-17-12)16-13(18)19-14(4,5)6/h9,11H,7-8H2,1-6H3,(H,16,18)/t11-/m0/s1. The highest BCUT2D eigenvalue weighted by atomic mass is 16.6. The summed E-state index contributed by atoms with van der Waals surface area (Å²) >= 11 is 0. The molecule has 1 N–H and O–H groups in total. The summed E-state index contributed by atoms with van der Waals surface area (Å²) in [5.74, 6) is 1.58. The van der Waals surface area contributed by atoms with Crippen LogP contribution in [0, 0.1) is 12.8 Å². The highest BCUT2D eigenvalue weighted by Gasteiger charge is 2.21. The first kappa shape index (κ1) is 16.5. The summed E-state index contributed by atoms with van der Waals surface area (Å²) in [5.41, 5.74) is -0.505. The second kappa shape index (κ2) is 6.72. The first-order valence-electron chi connectivity index (χ1n) is 6.94. The van der Waals surface area contributed by atoms with E-state index in [2.05, 4.69) is 29.3 Å². The highest BCUT2D eigenvalue weighted by molar-refractivity contribution is 5.68. The molecule has 114 valence electrons. The molecule has 0 spiro atoms. The van der Waals surface area contributed by atoms with Crippen LogP contribution < -0.4 is 5.32 Å². The lowest BCUT2D eigenvalue weighted by molar-refractivity contribution is 0.0498. The fourth-order valence-corrected chi connectivity index (χ4v) is 1.88. The van der Waals surface area contributed by atoms with E-state index in [-0.39, 0.29) is 6.04 Å². The number of aromatic nitrogens is 2. The molecule has 1 amide bonds. The predicted octanol–water partition coefficient (Wildman–Crippen LogP) is 2.86. The Balaban J connectivity index is 2.62. The summed E-state index contributed by atoms with van der Waals surface area (Å²) in [7, 11) is 0. The molecule has 0 radical (unpaired) electrons. The molecule has 0 aliphatic rings. The van der Waals surface area contributed by atoms with Crippen LogP contribution in [0.2, 0.25) is 0 Å². The largest absolute Gasteiger partial charge is 0.444 e. The van der Waals surface area contributed by atoms with E-state index in [1.807, 2.05) is 20.8 Å². The number of alkyl carbamates (subject to hydrolysis) is 1. The maximum Gasteiger partial charge on any atom is 0.407 e. The molecule has 1 heterocycles. The normalized spacial score (nSPS) is 13.3. The first-order chi connectivity index (χ1) is 9.15. The van der Waals surface area contributed by atoms with Crippen LogP contribution in [0.1, 0.15) is 52.8 Å². The molecule has 20 heavy (non-hydrogen) atoms. The smallest absolute Gasteiger partial charge is 0.407 e. The van der Waals surface area contributed by atoms with Gasteiger partial charge in [-0.25, -0.2) is 4.79 Å². The maximum atomic E-state index is 11.8. The third kappa shape index (κ3) is 6.54. The second-order valence-corrected chi connectivity index (χ2v) is 6.41. The molecule has 0 bridgehead atoms. The summed E-state index contributed by atoms with van der Waals surface area (Å²) in [4.78, 5) is 16.0. The Morgan fingerprint density at radius 3 is 2.50 bits per heavy atom. The van der Waals surface area contributed by atoms with Crippen molar-refractivity contribution in [3.63, 3.8) is 0 Å². The lowest BCUT2D eigenvalue weighted by Gasteiger charge is -2.24. The van der Waals surface area contributed by atoms with Gasteiger partial charge in [-0.3, -0.25) is 0 Å². The van der Waals surface area contributed by atoms with Gasteiger partial charge in [-0.05, 0) is 33.1 Å².